The molecule has 0 saturated heterocycles. The summed E-state index contributed by atoms with van der Waals surface area (Å²) < 4.78 is 15.7. The van der Waals surface area contributed by atoms with E-state index in [0.29, 0.717) is 34.1 Å². The zero-order valence-electron chi connectivity index (χ0n) is 17.5. The monoisotopic (exact) mass is 437 g/mol. The van der Waals surface area contributed by atoms with Gasteiger partial charge in [0.25, 0.3) is 5.91 Å². The molecule has 0 fully saturated rings. The van der Waals surface area contributed by atoms with Crippen molar-refractivity contribution in [3.63, 3.8) is 0 Å². The summed E-state index contributed by atoms with van der Waals surface area (Å²) >= 11 is 1.40. The number of hydrogen-bond acceptors (Lipinski definition) is 6. The molecule has 7 heteroatoms. The number of benzene rings is 3. The Labute approximate surface area is 185 Å². The van der Waals surface area contributed by atoms with Gasteiger partial charge in [-0.15, -0.1) is 11.8 Å². The van der Waals surface area contributed by atoms with E-state index >= 15 is 0 Å². The third-order valence-electron chi connectivity index (χ3n) is 4.51. The molecular formula is C24H23NO5S. The summed E-state index contributed by atoms with van der Waals surface area (Å²) in [5.41, 5.74) is 1.63. The molecule has 0 aliphatic rings. The van der Waals surface area contributed by atoms with Crippen LogP contribution < -0.4 is 19.5 Å². The Morgan fingerprint density at radius 2 is 1.55 bits per heavy atom. The Morgan fingerprint density at radius 3 is 2.29 bits per heavy atom. The highest BCUT2D eigenvalue weighted by Gasteiger charge is 2.13. The molecule has 3 aromatic carbocycles. The predicted octanol–water partition coefficient (Wildman–Crippen LogP) is 4.94. The van der Waals surface area contributed by atoms with Crippen molar-refractivity contribution in [1.29, 1.82) is 0 Å². The lowest BCUT2D eigenvalue weighted by atomic mass is 10.1. The number of ether oxygens (including phenoxy) is 3. The topological polar surface area (TPSA) is 73.9 Å². The van der Waals surface area contributed by atoms with Gasteiger partial charge < -0.3 is 19.5 Å². The van der Waals surface area contributed by atoms with Crippen molar-refractivity contribution in [1.82, 2.24) is 0 Å². The van der Waals surface area contributed by atoms with E-state index in [1.165, 1.54) is 18.9 Å². The molecule has 0 bridgehead atoms. The van der Waals surface area contributed by atoms with E-state index in [0.717, 1.165) is 4.90 Å². The van der Waals surface area contributed by atoms with Crippen LogP contribution in [-0.4, -0.2) is 38.8 Å². The highest BCUT2D eigenvalue weighted by atomic mass is 32.2. The Hall–Kier alpha value is -3.45. The molecule has 0 spiro atoms. The minimum Gasteiger partial charge on any atom is -0.496 e. The third kappa shape index (κ3) is 5.58. The quantitative estimate of drug-likeness (QED) is 0.378. The van der Waals surface area contributed by atoms with Crippen molar-refractivity contribution in [2.45, 2.75) is 4.90 Å². The molecule has 0 heterocycles. The molecule has 0 radical (unpaired) electrons. The van der Waals surface area contributed by atoms with Crippen LogP contribution >= 0.6 is 11.8 Å². The maximum atomic E-state index is 12.6. The molecule has 0 atom stereocenters. The number of para-hydroxylation sites is 1. The van der Waals surface area contributed by atoms with Crippen LogP contribution in [0.2, 0.25) is 0 Å². The van der Waals surface area contributed by atoms with Crippen molar-refractivity contribution in [3.8, 4) is 17.2 Å². The molecule has 1 N–H and O–H groups in total. The van der Waals surface area contributed by atoms with E-state index < -0.39 is 0 Å². The van der Waals surface area contributed by atoms with Crippen molar-refractivity contribution in [3.05, 3.63) is 77.9 Å². The van der Waals surface area contributed by atoms with Crippen LogP contribution in [0.3, 0.4) is 0 Å². The maximum absolute atomic E-state index is 12.6. The smallest absolute Gasteiger partial charge is 0.255 e. The minimum absolute atomic E-state index is 0.0257. The molecule has 0 aromatic heterocycles. The first-order valence-electron chi connectivity index (χ1n) is 9.48. The zero-order chi connectivity index (χ0) is 22.2. The number of carbonyl (C=O) groups excluding carboxylic acids is 2. The molecule has 6 nitrogen and oxygen atoms in total. The second kappa shape index (κ2) is 10.5. The highest BCUT2D eigenvalue weighted by molar-refractivity contribution is 8.00. The largest absolute Gasteiger partial charge is 0.496 e. The zero-order valence-corrected chi connectivity index (χ0v) is 18.3. The van der Waals surface area contributed by atoms with Gasteiger partial charge in [-0.1, -0.05) is 18.2 Å². The average molecular weight is 438 g/mol. The number of Topliss-reactive ketones (excluding diaryl/α,β-unsaturated/α-hetero) is 1. The van der Waals surface area contributed by atoms with Gasteiger partial charge in [-0.25, -0.2) is 0 Å². The molecule has 160 valence electrons. The second-order valence-electron chi connectivity index (χ2n) is 6.46. The first kappa shape index (κ1) is 22.2. The molecule has 31 heavy (non-hydrogen) atoms. The standard InChI is InChI=1S/C24H23NO5S/c1-28-21-10-5-4-9-19(21)20(26)15-31-18-8-6-7-17(14-18)25-24(27)16-11-12-22(29-2)23(13-16)30-3/h4-14H,15H2,1-3H3,(H,25,27). The van der Waals surface area contributed by atoms with Crippen LogP contribution in [0.4, 0.5) is 5.69 Å². The van der Waals surface area contributed by atoms with Gasteiger partial charge in [0.2, 0.25) is 0 Å². The minimum atomic E-state index is -0.270. The maximum Gasteiger partial charge on any atom is 0.255 e. The van der Waals surface area contributed by atoms with Crippen molar-refractivity contribution >= 4 is 29.1 Å². The van der Waals surface area contributed by atoms with E-state index in [1.54, 1.807) is 50.6 Å². The van der Waals surface area contributed by atoms with E-state index in [4.69, 9.17) is 14.2 Å². The summed E-state index contributed by atoms with van der Waals surface area (Å²) in [6.07, 6.45) is 0. The lowest BCUT2D eigenvalue weighted by Crippen LogP contribution is -2.12. The van der Waals surface area contributed by atoms with Gasteiger partial charge in [0.1, 0.15) is 5.75 Å². The van der Waals surface area contributed by atoms with E-state index in [1.807, 2.05) is 30.3 Å². The van der Waals surface area contributed by atoms with E-state index in [2.05, 4.69) is 5.32 Å². The van der Waals surface area contributed by atoms with E-state index in [-0.39, 0.29) is 17.4 Å². The molecule has 3 aromatic rings. The van der Waals surface area contributed by atoms with Gasteiger partial charge in [-0.05, 0) is 48.5 Å². The number of thioether (sulfide) groups is 1. The van der Waals surface area contributed by atoms with Crippen LogP contribution in [0.1, 0.15) is 20.7 Å². The number of nitrogens with one attached hydrogen (secondary N) is 1. The Kier molecular flexibility index (Phi) is 7.56. The Bertz CT molecular complexity index is 1080. The number of anilines is 1. The van der Waals surface area contributed by atoms with E-state index in [9.17, 15) is 9.59 Å². The van der Waals surface area contributed by atoms with Gasteiger partial charge in [-0.2, -0.15) is 0 Å². The predicted molar refractivity (Wildman–Crippen MR) is 122 cm³/mol. The van der Waals surface area contributed by atoms with Gasteiger partial charge in [-0.3, -0.25) is 9.59 Å². The van der Waals surface area contributed by atoms with Crippen molar-refractivity contribution in [2.24, 2.45) is 0 Å². The molecule has 0 aliphatic carbocycles. The van der Waals surface area contributed by atoms with Gasteiger partial charge in [0.05, 0.1) is 32.6 Å². The number of methoxy groups -OCH3 is 3. The van der Waals surface area contributed by atoms with Crippen LogP contribution in [0.5, 0.6) is 17.2 Å². The van der Waals surface area contributed by atoms with Crippen LogP contribution in [0, 0.1) is 0 Å². The summed E-state index contributed by atoms with van der Waals surface area (Å²) in [5.74, 6) is 1.55. The lowest BCUT2D eigenvalue weighted by molar-refractivity contribution is 0.101. The summed E-state index contributed by atoms with van der Waals surface area (Å²) in [6.45, 7) is 0. The Morgan fingerprint density at radius 1 is 0.806 bits per heavy atom. The van der Waals surface area contributed by atoms with Crippen LogP contribution in [-0.2, 0) is 0 Å². The average Bonchev–Trinajstić information content (AvgIpc) is 2.82. The number of hydrogen-bond donors (Lipinski definition) is 1. The van der Waals surface area contributed by atoms with Gasteiger partial charge in [0, 0.05) is 16.1 Å². The third-order valence-corrected chi connectivity index (χ3v) is 5.51. The normalized spacial score (nSPS) is 10.3. The fourth-order valence-corrected chi connectivity index (χ4v) is 3.78. The number of amides is 1. The summed E-state index contributed by atoms with van der Waals surface area (Å²) in [7, 11) is 4.61. The first-order chi connectivity index (χ1) is 15.0. The summed E-state index contributed by atoms with van der Waals surface area (Å²) in [5, 5.41) is 2.87. The fraction of sp³-hybridized carbons (Fsp3) is 0.167. The SMILES string of the molecule is COc1ccc(C(=O)Nc2cccc(SCC(=O)c3ccccc3OC)c2)cc1OC. The second-order valence-corrected chi connectivity index (χ2v) is 7.51. The molecule has 1 amide bonds. The molecule has 0 aliphatic heterocycles. The number of rotatable bonds is 9. The molecule has 3 rings (SSSR count). The Balaban J connectivity index is 1.66. The summed E-state index contributed by atoms with van der Waals surface area (Å²) in [6, 6.07) is 19.5. The lowest BCUT2D eigenvalue weighted by Gasteiger charge is -2.11. The van der Waals surface area contributed by atoms with Crippen molar-refractivity contribution in [2.75, 3.05) is 32.4 Å². The van der Waals surface area contributed by atoms with Gasteiger partial charge >= 0.3 is 0 Å². The first-order valence-corrected chi connectivity index (χ1v) is 10.5. The summed E-state index contributed by atoms with van der Waals surface area (Å²) in [4.78, 5) is 26.1. The van der Waals surface area contributed by atoms with Crippen LogP contribution in [0.25, 0.3) is 0 Å². The highest BCUT2D eigenvalue weighted by Crippen LogP contribution is 2.29. The van der Waals surface area contributed by atoms with Gasteiger partial charge in [0.15, 0.2) is 17.3 Å². The van der Waals surface area contributed by atoms with Crippen molar-refractivity contribution < 1.29 is 23.8 Å². The molecular weight excluding hydrogens is 414 g/mol. The number of ketones is 1. The molecule has 0 unspecified atom stereocenters. The van der Waals surface area contributed by atoms with Crippen LogP contribution in [0.15, 0.2) is 71.6 Å². The fourth-order valence-electron chi connectivity index (χ4n) is 2.95. The number of carbonyl (C=O) groups is 2. The molecule has 0 saturated carbocycles.